The van der Waals surface area contributed by atoms with Crippen molar-refractivity contribution in [3.8, 4) is 11.3 Å². The van der Waals surface area contributed by atoms with Gasteiger partial charge in [-0.2, -0.15) is 0 Å². The normalized spacial score (nSPS) is 11.1. The van der Waals surface area contributed by atoms with Gasteiger partial charge >= 0.3 is 0 Å². The highest BCUT2D eigenvalue weighted by Crippen LogP contribution is 2.25. The number of furan rings is 1. The molecule has 0 saturated heterocycles. The molecular weight excluding hydrogens is 436 g/mol. The Hall–Kier alpha value is -3.83. The molecule has 0 aliphatic heterocycles. The number of oxazole rings is 1. The van der Waals surface area contributed by atoms with Crippen molar-refractivity contribution in [3.63, 3.8) is 0 Å². The van der Waals surface area contributed by atoms with Crippen LogP contribution in [0.2, 0.25) is 5.02 Å². The van der Waals surface area contributed by atoms with Gasteiger partial charge in [-0.05, 0) is 91.2 Å². The van der Waals surface area contributed by atoms with E-state index in [0.29, 0.717) is 28.8 Å². The standard InChI is InChI=1S/C27H21ClN2O3/c1-16-13-22-25(14-17(16)2)33-26(30-22)15-18-3-9-21(10-4-18)29-27(31)24-12-11-23(32-24)19-5-7-20(28)8-6-19/h3-14H,15H2,1-2H3,(H,29,31). The molecule has 33 heavy (non-hydrogen) atoms. The lowest BCUT2D eigenvalue weighted by atomic mass is 10.1. The zero-order valence-electron chi connectivity index (χ0n) is 18.2. The van der Waals surface area contributed by atoms with Crippen LogP contribution >= 0.6 is 11.6 Å². The summed E-state index contributed by atoms with van der Waals surface area (Å²) in [6.07, 6.45) is 0.573. The van der Waals surface area contributed by atoms with Crippen molar-refractivity contribution < 1.29 is 13.6 Å². The minimum atomic E-state index is -0.312. The van der Waals surface area contributed by atoms with E-state index in [0.717, 1.165) is 22.2 Å². The Kier molecular flexibility index (Phi) is 5.48. The number of anilines is 1. The molecule has 1 N–H and O–H groups in total. The lowest BCUT2D eigenvalue weighted by Gasteiger charge is -2.05. The molecule has 5 aromatic rings. The zero-order valence-corrected chi connectivity index (χ0v) is 18.9. The number of rotatable bonds is 5. The molecule has 0 fully saturated rings. The van der Waals surface area contributed by atoms with E-state index in [4.69, 9.17) is 20.4 Å². The fourth-order valence-electron chi connectivity index (χ4n) is 3.61. The first-order chi connectivity index (χ1) is 15.9. The van der Waals surface area contributed by atoms with Gasteiger partial charge in [0.05, 0.1) is 0 Å². The molecule has 2 aromatic heterocycles. The van der Waals surface area contributed by atoms with Crippen molar-refractivity contribution in [2.24, 2.45) is 0 Å². The Morgan fingerprint density at radius 3 is 2.39 bits per heavy atom. The first-order valence-electron chi connectivity index (χ1n) is 10.6. The average Bonchev–Trinajstić information content (AvgIpc) is 3.43. The van der Waals surface area contributed by atoms with Gasteiger partial charge in [-0.3, -0.25) is 4.79 Å². The highest BCUT2D eigenvalue weighted by molar-refractivity contribution is 6.30. The second-order valence-corrected chi connectivity index (χ2v) is 8.45. The van der Waals surface area contributed by atoms with Crippen LogP contribution in [-0.4, -0.2) is 10.9 Å². The van der Waals surface area contributed by atoms with Crippen molar-refractivity contribution >= 4 is 34.3 Å². The monoisotopic (exact) mass is 456 g/mol. The fraction of sp³-hybridized carbons (Fsp3) is 0.111. The molecule has 0 bridgehead atoms. The molecule has 0 aliphatic rings. The van der Waals surface area contributed by atoms with Gasteiger partial charge in [0.2, 0.25) is 0 Å². The van der Waals surface area contributed by atoms with Gasteiger partial charge in [0.1, 0.15) is 11.3 Å². The number of hydrogen-bond acceptors (Lipinski definition) is 4. The van der Waals surface area contributed by atoms with Crippen LogP contribution in [0.3, 0.4) is 0 Å². The Balaban J connectivity index is 1.25. The van der Waals surface area contributed by atoms with Crippen LogP contribution in [-0.2, 0) is 6.42 Å². The lowest BCUT2D eigenvalue weighted by molar-refractivity contribution is 0.0997. The minimum Gasteiger partial charge on any atom is -0.451 e. The number of nitrogens with one attached hydrogen (secondary N) is 1. The van der Waals surface area contributed by atoms with E-state index in [9.17, 15) is 4.79 Å². The van der Waals surface area contributed by atoms with Gasteiger partial charge in [-0.25, -0.2) is 4.98 Å². The molecule has 0 radical (unpaired) electrons. The number of aromatic nitrogens is 1. The van der Waals surface area contributed by atoms with E-state index in [-0.39, 0.29) is 11.7 Å². The predicted octanol–water partition coefficient (Wildman–Crippen LogP) is 7.20. The van der Waals surface area contributed by atoms with E-state index in [2.05, 4.69) is 24.1 Å². The smallest absolute Gasteiger partial charge is 0.291 e. The minimum absolute atomic E-state index is 0.237. The molecule has 3 aromatic carbocycles. The SMILES string of the molecule is Cc1cc2nc(Cc3ccc(NC(=O)c4ccc(-c5ccc(Cl)cc5)o4)cc3)oc2cc1C. The van der Waals surface area contributed by atoms with Gasteiger partial charge < -0.3 is 14.2 Å². The molecule has 0 aliphatic carbocycles. The number of aryl methyl sites for hydroxylation is 2. The van der Waals surface area contributed by atoms with E-state index < -0.39 is 0 Å². The third kappa shape index (κ3) is 4.54. The van der Waals surface area contributed by atoms with Gasteiger partial charge in [-0.1, -0.05) is 23.7 Å². The average molecular weight is 457 g/mol. The molecule has 5 rings (SSSR count). The lowest BCUT2D eigenvalue weighted by Crippen LogP contribution is -2.10. The second-order valence-electron chi connectivity index (χ2n) is 8.01. The van der Waals surface area contributed by atoms with Crippen LogP contribution in [0.5, 0.6) is 0 Å². The van der Waals surface area contributed by atoms with Crippen LogP contribution in [0.15, 0.2) is 81.6 Å². The fourth-order valence-corrected chi connectivity index (χ4v) is 3.73. The Morgan fingerprint density at radius 1 is 0.909 bits per heavy atom. The summed E-state index contributed by atoms with van der Waals surface area (Å²) in [5.41, 5.74) is 6.61. The number of carbonyl (C=O) groups is 1. The van der Waals surface area contributed by atoms with E-state index in [1.165, 1.54) is 11.1 Å². The molecule has 0 unspecified atom stereocenters. The second kappa shape index (κ2) is 8.60. The van der Waals surface area contributed by atoms with Crippen molar-refractivity contribution in [1.29, 1.82) is 0 Å². The maximum Gasteiger partial charge on any atom is 0.291 e. The molecule has 6 heteroatoms. The number of nitrogens with zero attached hydrogens (tertiary/aromatic N) is 1. The summed E-state index contributed by atoms with van der Waals surface area (Å²) in [6.45, 7) is 4.13. The summed E-state index contributed by atoms with van der Waals surface area (Å²) in [6, 6.07) is 22.4. The van der Waals surface area contributed by atoms with Gasteiger partial charge in [0.25, 0.3) is 5.91 Å². The van der Waals surface area contributed by atoms with Gasteiger partial charge in [-0.15, -0.1) is 0 Å². The number of fused-ring (bicyclic) bond motifs is 1. The quantitative estimate of drug-likeness (QED) is 0.303. The van der Waals surface area contributed by atoms with Crippen molar-refractivity contribution in [1.82, 2.24) is 4.98 Å². The maximum absolute atomic E-state index is 12.6. The number of amides is 1. The van der Waals surface area contributed by atoms with E-state index in [1.807, 2.05) is 48.5 Å². The summed E-state index contributed by atoms with van der Waals surface area (Å²) in [7, 11) is 0. The van der Waals surface area contributed by atoms with Crippen molar-refractivity contribution in [2.45, 2.75) is 20.3 Å². The predicted molar refractivity (Wildman–Crippen MR) is 130 cm³/mol. The van der Waals surface area contributed by atoms with Crippen LogP contribution in [0, 0.1) is 13.8 Å². The van der Waals surface area contributed by atoms with Crippen LogP contribution in [0.4, 0.5) is 5.69 Å². The van der Waals surface area contributed by atoms with E-state index >= 15 is 0 Å². The van der Waals surface area contributed by atoms with Gasteiger partial charge in [0, 0.05) is 22.7 Å². The highest BCUT2D eigenvalue weighted by atomic mass is 35.5. The molecule has 0 saturated carbocycles. The highest BCUT2D eigenvalue weighted by Gasteiger charge is 2.13. The van der Waals surface area contributed by atoms with Crippen LogP contribution in [0.25, 0.3) is 22.4 Å². The first-order valence-corrected chi connectivity index (χ1v) is 11.0. The molecule has 1 amide bonds. The van der Waals surface area contributed by atoms with Crippen molar-refractivity contribution in [2.75, 3.05) is 5.32 Å². The molecule has 0 atom stereocenters. The van der Waals surface area contributed by atoms with Crippen LogP contribution < -0.4 is 5.32 Å². The Morgan fingerprint density at radius 2 is 1.64 bits per heavy atom. The molecular formula is C27H21ClN2O3. The number of carbonyl (C=O) groups excluding carboxylic acids is 1. The summed E-state index contributed by atoms with van der Waals surface area (Å²) >= 11 is 5.93. The Bertz CT molecular complexity index is 1410. The maximum atomic E-state index is 12.6. The van der Waals surface area contributed by atoms with E-state index in [1.54, 1.807) is 24.3 Å². The summed E-state index contributed by atoms with van der Waals surface area (Å²) in [5.74, 6) is 1.20. The Labute approximate surface area is 196 Å². The number of halogens is 1. The third-order valence-electron chi connectivity index (χ3n) is 5.57. The largest absolute Gasteiger partial charge is 0.451 e. The van der Waals surface area contributed by atoms with Crippen molar-refractivity contribution in [3.05, 3.63) is 106 Å². The zero-order chi connectivity index (χ0) is 22.9. The molecule has 2 heterocycles. The summed E-state index contributed by atoms with van der Waals surface area (Å²) < 4.78 is 11.6. The number of hydrogen-bond donors (Lipinski definition) is 1. The van der Waals surface area contributed by atoms with Crippen LogP contribution in [0.1, 0.15) is 33.1 Å². The summed E-state index contributed by atoms with van der Waals surface area (Å²) in [4.78, 5) is 17.2. The van der Waals surface area contributed by atoms with Gasteiger partial charge in [0.15, 0.2) is 17.2 Å². The molecule has 164 valence electrons. The number of benzene rings is 3. The topological polar surface area (TPSA) is 68.3 Å². The molecule has 5 nitrogen and oxygen atoms in total. The third-order valence-corrected chi connectivity index (χ3v) is 5.83. The first kappa shape index (κ1) is 21.0. The molecule has 0 spiro atoms. The summed E-state index contributed by atoms with van der Waals surface area (Å²) in [5, 5.41) is 3.51.